The molecule has 0 heterocycles. The maximum absolute atomic E-state index is 12.3. The van der Waals surface area contributed by atoms with Crippen molar-refractivity contribution in [3.8, 4) is 0 Å². The van der Waals surface area contributed by atoms with E-state index in [1.807, 2.05) is 6.26 Å². The van der Waals surface area contributed by atoms with E-state index in [2.05, 4.69) is 4.72 Å². The predicted octanol–water partition coefficient (Wildman–Crippen LogP) is 2.31. The monoisotopic (exact) mass is 322 g/mol. The lowest BCUT2D eigenvalue weighted by Crippen LogP contribution is -2.18. The fraction of sp³-hybridized carbons (Fsp3) is 0.0714. The molecule has 3 N–H and O–H groups in total. The molecule has 0 aromatic heterocycles. The van der Waals surface area contributed by atoms with Crippen LogP contribution in [0.25, 0.3) is 0 Å². The first-order valence-corrected chi connectivity index (χ1v) is 8.70. The van der Waals surface area contributed by atoms with Crippen LogP contribution in [-0.2, 0) is 10.0 Å². The normalized spacial score (nSPS) is 11.1. The fourth-order valence-corrected chi connectivity index (χ4v) is 3.23. The largest absolute Gasteiger partial charge is 0.366 e. The lowest BCUT2D eigenvalue weighted by Gasteiger charge is -2.11. The molecule has 0 radical (unpaired) electrons. The van der Waals surface area contributed by atoms with Crippen molar-refractivity contribution >= 4 is 33.4 Å². The third-order valence-electron chi connectivity index (χ3n) is 2.81. The molecule has 0 unspecified atom stereocenters. The molecule has 0 saturated carbocycles. The Kier molecular flexibility index (Phi) is 4.54. The van der Waals surface area contributed by atoms with Gasteiger partial charge in [0.1, 0.15) is 0 Å². The molecule has 1 amide bonds. The Morgan fingerprint density at radius 2 is 1.71 bits per heavy atom. The molecule has 0 aliphatic heterocycles. The molecule has 0 aliphatic rings. The summed E-state index contributed by atoms with van der Waals surface area (Å²) in [6, 6.07) is 12.7. The highest BCUT2D eigenvalue weighted by atomic mass is 32.2. The van der Waals surface area contributed by atoms with Crippen molar-refractivity contribution in [1.82, 2.24) is 0 Å². The third-order valence-corrected chi connectivity index (χ3v) is 4.93. The Balaban J connectivity index is 2.35. The topological polar surface area (TPSA) is 89.3 Å². The van der Waals surface area contributed by atoms with Crippen molar-refractivity contribution in [2.75, 3.05) is 11.0 Å². The van der Waals surface area contributed by atoms with Crippen molar-refractivity contribution < 1.29 is 13.2 Å². The second-order valence-electron chi connectivity index (χ2n) is 4.19. The summed E-state index contributed by atoms with van der Waals surface area (Å²) in [6.07, 6.45) is 1.91. The van der Waals surface area contributed by atoms with Gasteiger partial charge in [0.15, 0.2) is 0 Å². The molecule has 0 atom stereocenters. The summed E-state index contributed by atoms with van der Waals surface area (Å²) in [5.74, 6) is -0.689. The van der Waals surface area contributed by atoms with E-state index in [1.54, 1.807) is 24.3 Å². The number of carbonyl (C=O) groups is 1. The smallest absolute Gasteiger partial charge is 0.261 e. The van der Waals surface area contributed by atoms with Crippen LogP contribution in [0.15, 0.2) is 58.3 Å². The van der Waals surface area contributed by atoms with Gasteiger partial charge in [-0.1, -0.05) is 12.1 Å². The van der Waals surface area contributed by atoms with Gasteiger partial charge in [-0.05, 0) is 42.7 Å². The van der Waals surface area contributed by atoms with Gasteiger partial charge in [-0.25, -0.2) is 8.42 Å². The lowest BCUT2D eigenvalue weighted by atomic mass is 10.2. The summed E-state index contributed by atoms with van der Waals surface area (Å²) in [5.41, 5.74) is 5.53. The molecule has 5 nitrogen and oxygen atoms in total. The van der Waals surface area contributed by atoms with Crippen LogP contribution >= 0.6 is 11.8 Å². The van der Waals surface area contributed by atoms with Crippen LogP contribution in [0.2, 0.25) is 0 Å². The number of primary amides is 1. The number of anilines is 1. The first-order valence-electron chi connectivity index (χ1n) is 6.00. The standard InChI is InChI=1S/C14H14N2O3S2/c1-20-10-6-8-11(9-7-10)21(18,19)16-13-5-3-2-4-12(13)14(15)17/h2-9,16H,1H3,(H2,15,17). The van der Waals surface area contributed by atoms with Gasteiger partial charge < -0.3 is 5.73 Å². The Bertz CT molecular complexity index is 756. The summed E-state index contributed by atoms with van der Waals surface area (Å²) in [4.78, 5) is 12.4. The van der Waals surface area contributed by atoms with Crippen molar-refractivity contribution in [3.63, 3.8) is 0 Å². The minimum Gasteiger partial charge on any atom is -0.366 e. The molecule has 0 bridgehead atoms. The quantitative estimate of drug-likeness (QED) is 0.827. The van der Waals surface area contributed by atoms with Gasteiger partial charge in [-0.15, -0.1) is 11.8 Å². The Labute approximate surface area is 127 Å². The number of thioether (sulfide) groups is 1. The van der Waals surface area contributed by atoms with Gasteiger partial charge in [0.05, 0.1) is 16.1 Å². The number of amides is 1. The van der Waals surface area contributed by atoms with Crippen LogP contribution in [-0.4, -0.2) is 20.6 Å². The van der Waals surface area contributed by atoms with Crippen LogP contribution in [0, 0.1) is 0 Å². The maximum Gasteiger partial charge on any atom is 0.261 e. The average Bonchev–Trinajstić information content (AvgIpc) is 2.47. The van der Waals surface area contributed by atoms with E-state index in [0.717, 1.165) is 4.90 Å². The summed E-state index contributed by atoms with van der Waals surface area (Å²) >= 11 is 1.52. The molecule has 0 aliphatic carbocycles. The van der Waals surface area contributed by atoms with Crippen molar-refractivity contribution in [1.29, 1.82) is 0 Å². The lowest BCUT2D eigenvalue weighted by molar-refractivity contribution is 0.100. The van der Waals surface area contributed by atoms with Gasteiger partial charge in [-0.3, -0.25) is 9.52 Å². The number of hydrogen-bond acceptors (Lipinski definition) is 4. The number of carbonyl (C=O) groups excluding carboxylic acids is 1. The summed E-state index contributed by atoms with van der Waals surface area (Å²) in [7, 11) is -3.76. The predicted molar refractivity (Wildman–Crippen MR) is 84.0 cm³/mol. The summed E-state index contributed by atoms with van der Waals surface area (Å²) < 4.78 is 27.0. The van der Waals surface area contributed by atoms with Crippen LogP contribution in [0.4, 0.5) is 5.69 Å². The number of nitrogens with one attached hydrogen (secondary N) is 1. The number of rotatable bonds is 5. The van der Waals surface area contributed by atoms with Crippen LogP contribution < -0.4 is 10.5 Å². The summed E-state index contributed by atoms with van der Waals surface area (Å²) in [6.45, 7) is 0. The second kappa shape index (κ2) is 6.19. The third kappa shape index (κ3) is 3.56. The molecule has 2 rings (SSSR count). The molecule has 0 spiro atoms. The zero-order valence-corrected chi connectivity index (χ0v) is 12.9. The zero-order chi connectivity index (χ0) is 15.5. The Hall–Kier alpha value is -1.99. The fourth-order valence-electron chi connectivity index (χ4n) is 1.75. The van der Waals surface area contributed by atoms with E-state index in [0.29, 0.717) is 0 Å². The number of sulfonamides is 1. The van der Waals surface area contributed by atoms with Crippen LogP contribution in [0.5, 0.6) is 0 Å². The molecule has 0 saturated heterocycles. The van der Waals surface area contributed by atoms with E-state index < -0.39 is 15.9 Å². The van der Waals surface area contributed by atoms with Crippen LogP contribution in [0.3, 0.4) is 0 Å². The highest BCUT2D eigenvalue weighted by Gasteiger charge is 2.17. The SMILES string of the molecule is CSc1ccc(S(=O)(=O)Nc2ccccc2C(N)=O)cc1. The molecule has 2 aromatic carbocycles. The van der Waals surface area contributed by atoms with Crippen LogP contribution in [0.1, 0.15) is 10.4 Å². The van der Waals surface area contributed by atoms with Gasteiger partial charge in [0.2, 0.25) is 0 Å². The molecule has 21 heavy (non-hydrogen) atoms. The number of benzene rings is 2. The Morgan fingerprint density at radius 3 is 2.29 bits per heavy atom. The number of hydrogen-bond donors (Lipinski definition) is 2. The minimum atomic E-state index is -3.76. The molecular weight excluding hydrogens is 308 g/mol. The average molecular weight is 322 g/mol. The minimum absolute atomic E-state index is 0.125. The molecule has 110 valence electrons. The number of para-hydroxylation sites is 1. The van der Waals surface area contributed by atoms with E-state index in [1.165, 1.54) is 36.0 Å². The molecular formula is C14H14N2O3S2. The highest BCUT2D eigenvalue weighted by Crippen LogP contribution is 2.22. The van der Waals surface area contributed by atoms with Gasteiger partial charge >= 0.3 is 0 Å². The number of nitrogens with two attached hydrogens (primary N) is 1. The van der Waals surface area contributed by atoms with Gasteiger partial charge in [0, 0.05) is 4.90 Å². The highest BCUT2D eigenvalue weighted by molar-refractivity contribution is 7.98. The van der Waals surface area contributed by atoms with Crippen molar-refractivity contribution in [2.24, 2.45) is 5.73 Å². The van der Waals surface area contributed by atoms with Crippen molar-refractivity contribution in [3.05, 3.63) is 54.1 Å². The molecule has 2 aromatic rings. The summed E-state index contributed by atoms with van der Waals surface area (Å²) in [5, 5.41) is 0. The zero-order valence-electron chi connectivity index (χ0n) is 11.2. The Morgan fingerprint density at radius 1 is 1.10 bits per heavy atom. The van der Waals surface area contributed by atoms with Crippen molar-refractivity contribution in [2.45, 2.75) is 9.79 Å². The van der Waals surface area contributed by atoms with Gasteiger partial charge in [-0.2, -0.15) is 0 Å². The van der Waals surface area contributed by atoms with E-state index >= 15 is 0 Å². The first-order chi connectivity index (χ1) is 9.94. The molecule has 0 fully saturated rings. The maximum atomic E-state index is 12.3. The van der Waals surface area contributed by atoms with E-state index in [4.69, 9.17) is 5.73 Å². The van der Waals surface area contributed by atoms with Gasteiger partial charge in [0.25, 0.3) is 15.9 Å². The second-order valence-corrected chi connectivity index (χ2v) is 6.75. The van der Waals surface area contributed by atoms with E-state index in [-0.39, 0.29) is 16.1 Å². The first kappa shape index (κ1) is 15.4. The molecule has 7 heteroatoms. The van der Waals surface area contributed by atoms with E-state index in [9.17, 15) is 13.2 Å².